The first-order valence-electron chi connectivity index (χ1n) is 7.97. The summed E-state index contributed by atoms with van der Waals surface area (Å²) < 4.78 is 34.0. The molecule has 0 saturated carbocycles. The fourth-order valence-electron chi connectivity index (χ4n) is 3.25. The minimum atomic E-state index is -3.01. The van der Waals surface area contributed by atoms with Crippen LogP contribution in [0.2, 0.25) is 0 Å². The molecule has 1 aromatic heterocycles. The number of furan rings is 1. The monoisotopic (exact) mass is 351 g/mol. The number of hydrogen-bond acceptors (Lipinski definition) is 5. The Morgan fingerprint density at radius 2 is 2.21 bits per heavy atom. The molecule has 6 nitrogen and oxygen atoms in total. The third kappa shape index (κ3) is 3.26. The lowest BCUT2D eigenvalue weighted by Gasteiger charge is -2.26. The molecule has 2 aromatic rings. The van der Waals surface area contributed by atoms with Crippen molar-refractivity contribution < 1.29 is 22.4 Å². The van der Waals surface area contributed by atoms with Crippen molar-refractivity contribution in [1.82, 2.24) is 4.90 Å². The maximum absolute atomic E-state index is 12.7. The van der Waals surface area contributed by atoms with Gasteiger partial charge in [0.25, 0.3) is 0 Å². The molecular formula is C17H21NO5S. The number of rotatable bonds is 5. The van der Waals surface area contributed by atoms with Crippen LogP contribution in [0.1, 0.15) is 18.9 Å². The average Bonchev–Trinajstić information content (AvgIpc) is 3.11. The van der Waals surface area contributed by atoms with Gasteiger partial charge in [-0.2, -0.15) is 0 Å². The summed E-state index contributed by atoms with van der Waals surface area (Å²) in [5.74, 6) is 0.852. The first-order valence-corrected chi connectivity index (χ1v) is 9.79. The molecule has 0 spiro atoms. The van der Waals surface area contributed by atoms with Gasteiger partial charge in [0.2, 0.25) is 5.91 Å². The van der Waals surface area contributed by atoms with Gasteiger partial charge in [-0.25, -0.2) is 8.42 Å². The van der Waals surface area contributed by atoms with Gasteiger partial charge in [-0.1, -0.05) is 0 Å². The van der Waals surface area contributed by atoms with E-state index in [2.05, 4.69) is 0 Å². The number of likely N-dealkylation sites (N-methyl/N-ethyl adjacent to an activating group) is 1. The van der Waals surface area contributed by atoms with E-state index in [1.54, 1.807) is 24.3 Å². The molecule has 0 bridgehead atoms. The third-order valence-electron chi connectivity index (χ3n) is 4.51. The summed E-state index contributed by atoms with van der Waals surface area (Å²) in [6.45, 7) is 2.38. The van der Waals surface area contributed by atoms with Crippen LogP contribution in [0.15, 0.2) is 28.9 Å². The van der Waals surface area contributed by atoms with Crippen LogP contribution in [0.25, 0.3) is 11.0 Å². The summed E-state index contributed by atoms with van der Waals surface area (Å²) in [5.41, 5.74) is 1.47. The lowest BCUT2D eigenvalue weighted by molar-refractivity contribution is -0.132. The van der Waals surface area contributed by atoms with Gasteiger partial charge in [0, 0.05) is 29.6 Å². The molecule has 1 aromatic carbocycles. The number of hydrogen-bond donors (Lipinski definition) is 0. The average molecular weight is 351 g/mol. The van der Waals surface area contributed by atoms with Crippen LogP contribution in [0.3, 0.4) is 0 Å². The summed E-state index contributed by atoms with van der Waals surface area (Å²) in [4.78, 5) is 14.3. The molecule has 1 saturated heterocycles. The number of carbonyl (C=O) groups excluding carboxylic acids is 1. The van der Waals surface area contributed by atoms with Crippen molar-refractivity contribution >= 4 is 26.7 Å². The van der Waals surface area contributed by atoms with Crippen molar-refractivity contribution in [3.8, 4) is 5.75 Å². The van der Waals surface area contributed by atoms with E-state index in [0.29, 0.717) is 24.3 Å². The van der Waals surface area contributed by atoms with Crippen LogP contribution in [0.5, 0.6) is 5.75 Å². The number of benzene rings is 1. The smallest absolute Gasteiger partial charge is 0.227 e. The Kier molecular flexibility index (Phi) is 4.54. The minimum absolute atomic E-state index is 0.0654. The lowest BCUT2D eigenvalue weighted by Crippen LogP contribution is -2.41. The summed E-state index contributed by atoms with van der Waals surface area (Å²) in [6, 6.07) is 5.26. The van der Waals surface area contributed by atoms with Gasteiger partial charge >= 0.3 is 0 Å². The number of ether oxygens (including phenoxy) is 1. The Hall–Kier alpha value is -2.02. The van der Waals surface area contributed by atoms with Gasteiger partial charge in [0.1, 0.15) is 11.3 Å². The highest BCUT2D eigenvalue weighted by Crippen LogP contribution is 2.27. The fraction of sp³-hybridized carbons (Fsp3) is 0.471. The zero-order valence-corrected chi connectivity index (χ0v) is 14.6. The Bertz CT molecular complexity index is 855. The predicted molar refractivity (Wildman–Crippen MR) is 90.9 cm³/mol. The molecule has 1 aliphatic rings. The highest BCUT2D eigenvalue weighted by atomic mass is 32.2. The van der Waals surface area contributed by atoms with Crippen LogP contribution in [-0.4, -0.2) is 50.4 Å². The van der Waals surface area contributed by atoms with Gasteiger partial charge in [-0.3, -0.25) is 4.79 Å². The van der Waals surface area contributed by atoms with Crippen LogP contribution < -0.4 is 4.74 Å². The quantitative estimate of drug-likeness (QED) is 0.824. The van der Waals surface area contributed by atoms with Crippen molar-refractivity contribution in [3.63, 3.8) is 0 Å². The van der Waals surface area contributed by atoms with Crippen LogP contribution in [-0.2, 0) is 21.1 Å². The van der Waals surface area contributed by atoms with E-state index >= 15 is 0 Å². The second kappa shape index (κ2) is 6.47. The molecule has 24 heavy (non-hydrogen) atoms. The van der Waals surface area contributed by atoms with E-state index in [-0.39, 0.29) is 29.9 Å². The molecule has 7 heteroatoms. The Labute approximate surface area is 141 Å². The molecule has 1 fully saturated rings. The lowest BCUT2D eigenvalue weighted by atomic mass is 10.1. The van der Waals surface area contributed by atoms with Gasteiger partial charge in [-0.05, 0) is 25.5 Å². The van der Waals surface area contributed by atoms with Crippen LogP contribution >= 0.6 is 0 Å². The molecule has 0 radical (unpaired) electrons. The second-order valence-electron chi connectivity index (χ2n) is 6.04. The van der Waals surface area contributed by atoms with E-state index in [1.165, 1.54) is 0 Å². The highest BCUT2D eigenvalue weighted by Gasteiger charge is 2.34. The Morgan fingerprint density at radius 3 is 2.83 bits per heavy atom. The van der Waals surface area contributed by atoms with Gasteiger partial charge in [0.15, 0.2) is 9.84 Å². The van der Waals surface area contributed by atoms with Crippen molar-refractivity contribution in [3.05, 3.63) is 30.0 Å². The van der Waals surface area contributed by atoms with E-state index in [4.69, 9.17) is 9.15 Å². The third-order valence-corrected chi connectivity index (χ3v) is 6.27. The minimum Gasteiger partial charge on any atom is -0.497 e. The summed E-state index contributed by atoms with van der Waals surface area (Å²) >= 11 is 0. The number of fused-ring (bicyclic) bond motifs is 1. The summed E-state index contributed by atoms with van der Waals surface area (Å²) in [5, 5.41) is 0.874. The van der Waals surface area contributed by atoms with Gasteiger partial charge < -0.3 is 14.1 Å². The number of methoxy groups -OCH3 is 1. The number of carbonyl (C=O) groups is 1. The highest BCUT2D eigenvalue weighted by molar-refractivity contribution is 7.91. The van der Waals surface area contributed by atoms with Crippen molar-refractivity contribution in [2.24, 2.45) is 0 Å². The topological polar surface area (TPSA) is 76.8 Å². The first-order chi connectivity index (χ1) is 11.4. The van der Waals surface area contributed by atoms with E-state index in [9.17, 15) is 13.2 Å². The molecular weight excluding hydrogens is 330 g/mol. The van der Waals surface area contributed by atoms with E-state index in [0.717, 1.165) is 10.9 Å². The summed E-state index contributed by atoms with van der Waals surface area (Å²) in [7, 11) is -1.43. The fourth-order valence-corrected chi connectivity index (χ4v) is 4.98. The Morgan fingerprint density at radius 1 is 1.42 bits per heavy atom. The number of nitrogens with zero attached hydrogens (tertiary/aromatic N) is 1. The van der Waals surface area contributed by atoms with Crippen LogP contribution in [0.4, 0.5) is 0 Å². The molecule has 3 rings (SSSR count). The predicted octanol–water partition coefficient (Wildman–Crippen LogP) is 2.02. The summed E-state index contributed by atoms with van der Waals surface area (Å²) in [6.07, 6.45) is 2.30. The normalized spacial score (nSPS) is 19.5. The maximum atomic E-state index is 12.7. The SMILES string of the molecule is CCN(C(=O)Cc1coc2cc(OC)ccc12)C1CCS(=O)(=O)C1. The molecule has 130 valence electrons. The molecule has 1 amide bonds. The van der Waals surface area contributed by atoms with E-state index in [1.807, 2.05) is 19.1 Å². The van der Waals surface area contributed by atoms with Gasteiger partial charge in [-0.15, -0.1) is 0 Å². The number of sulfone groups is 1. The molecule has 0 N–H and O–H groups in total. The first kappa shape index (κ1) is 16.8. The maximum Gasteiger partial charge on any atom is 0.227 e. The van der Waals surface area contributed by atoms with E-state index < -0.39 is 9.84 Å². The molecule has 1 unspecified atom stereocenters. The molecule has 1 atom stereocenters. The van der Waals surface area contributed by atoms with Gasteiger partial charge in [0.05, 0.1) is 31.3 Å². The molecule has 0 aliphatic carbocycles. The molecule has 2 heterocycles. The standard InChI is InChI=1S/C17H21NO5S/c1-3-18(13-6-7-24(20,21)11-13)17(19)8-12-10-23-16-9-14(22-2)4-5-15(12)16/h4-5,9-10,13H,3,6-8,11H2,1-2H3. The Balaban J connectivity index is 1.78. The molecule has 1 aliphatic heterocycles. The van der Waals surface area contributed by atoms with Crippen molar-refractivity contribution in [2.45, 2.75) is 25.8 Å². The largest absolute Gasteiger partial charge is 0.497 e. The van der Waals surface area contributed by atoms with Crippen molar-refractivity contribution in [1.29, 1.82) is 0 Å². The zero-order valence-electron chi connectivity index (χ0n) is 13.8. The van der Waals surface area contributed by atoms with Crippen LogP contribution in [0, 0.1) is 0 Å². The zero-order chi connectivity index (χ0) is 17.3. The van der Waals surface area contributed by atoms with Crippen molar-refractivity contribution in [2.75, 3.05) is 25.2 Å². The number of amides is 1. The second-order valence-corrected chi connectivity index (χ2v) is 8.27.